The van der Waals surface area contributed by atoms with E-state index in [-0.39, 0.29) is 11.1 Å². The van der Waals surface area contributed by atoms with E-state index < -0.39 is 11.9 Å². The first kappa shape index (κ1) is 19.4. The first-order chi connectivity index (χ1) is 15.5. The van der Waals surface area contributed by atoms with Crippen molar-refractivity contribution >= 4 is 33.7 Å². The van der Waals surface area contributed by atoms with Gasteiger partial charge in [-0.3, -0.25) is 0 Å². The number of carboxylic acid groups (broad SMARTS) is 2. The lowest BCUT2D eigenvalue weighted by molar-refractivity contribution is 0.0688. The van der Waals surface area contributed by atoms with Crippen molar-refractivity contribution in [3.8, 4) is 22.5 Å². The molecule has 6 nitrogen and oxygen atoms in total. The molecule has 2 aromatic heterocycles. The van der Waals surface area contributed by atoms with Crippen molar-refractivity contribution in [3.05, 3.63) is 96.1 Å². The van der Waals surface area contributed by atoms with Gasteiger partial charge in [0.25, 0.3) is 0 Å². The van der Waals surface area contributed by atoms with Crippen LogP contribution in [0.2, 0.25) is 0 Å². The molecule has 0 aliphatic carbocycles. The average molecular weight is 420 g/mol. The van der Waals surface area contributed by atoms with Crippen LogP contribution < -0.4 is 0 Å². The Morgan fingerprint density at radius 3 is 1.31 bits per heavy atom. The van der Waals surface area contributed by atoms with Gasteiger partial charge >= 0.3 is 11.9 Å². The topological polar surface area (TPSA) is 100 Å². The third-order valence-corrected chi connectivity index (χ3v) is 5.37. The quantitative estimate of drug-likeness (QED) is 0.397. The molecule has 0 bridgehead atoms. The Kier molecular flexibility index (Phi) is 4.60. The van der Waals surface area contributed by atoms with E-state index in [9.17, 15) is 19.8 Å². The molecule has 0 saturated heterocycles. The van der Waals surface area contributed by atoms with Crippen molar-refractivity contribution < 1.29 is 19.8 Å². The van der Waals surface area contributed by atoms with Crippen molar-refractivity contribution in [1.82, 2.24) is 9.97 Å². The molecule has 0 radical (unpaired) electrons. The fourth-order valence-electron chi connectivity index (χ4n) is 3.81. The molecule has 0 aliphatic heterocycles. The van der Waals surface area contributed by atoms with Gasteiger partial charge in [0.05, 0.1) is 33.5 Å². The molecule has 0 aliphatic rings. The number of aromatic carboxylic acids is 2. The van der Waals surface area contributed by atoms with Crippen molar-refractivity contribution in [1.29, 1.82) is 0 Å². The Morgan fingerprint density at radius 1 is 0.562 bits per heavy atom. The van der Waals surface area contributed by atoms with E-state index in [0.717, 1.165) is 11.1 Å². The number of para-hydroxylation sites is 2. The number of nitrogens with zero attached hydrogens (tertiary/aromatic N) is 2. The van der Waals surface area contributed by atoms with Crippen LogP contribution in [-0.2, 0) is 0 Å². The summed E-state index contributed by atoms with van der Waals surface area (Å²) in [6.45, 7) is 0. The highest BCUT2D eigenvalue weighted by atomic mass is 16.4. The lowest BCUT2D eigenvalue weighted by Crippen LogP contribution is -2.00. The van der Waals surface area contributed by atoms with Crippen LogP contribution in [0.1, 0.15) is 20.7 Å². The molecule has 2 heterocycles. The molecule has 0 spiro atoms. The second kappa shape index (κ2) is 7.59. The van der Waals surface area contributed by atoms with Gasteiger partial charge in [0.2, 0.25) is 0 Å². The molecule has 6 heteroatoms. The van der Waals surface area contributed by atoms with Gasteiger partial charge in [0.15, 0.2) is 0 Å². The van der Waals surface area contributed by atoms with Crippen LogP contribution >= 0.6 is 0 Å². The molecule has 0 unspecified atom stereocenters. The Labute approximate surface area is 182 Å². The van der Waals surface area contributed by atoms with E-state index in [2.05, 4.69) is 9.97 Å². The number of carboxylic acids is 2. The van der Waals surface area contributed by atoms with Crippen LogP contribution in [0.4, 0.5) is 0 Å². The number of hydrogen-bond donors (Lipinski definition) is 2. The van der Waals surface area contributed by atoms with Crippen molar-refractivity contribution in [2.24, 2.45) is 0 Å². The molecular formula is C26H16N2O4. The van der Waals surface area contributed by atoms with Gasteiger partial charge in [0.1, 0.15) is 0 Å². The minimum Gasteiger partial charge on any atom is -0.478 e. The maximum atomic E-state index is 11.7. The molecule has 5 rings (SSSR count). The van der Waals surface area contributed by atoms with Gasteiger partial charge in [-0.2, -0.15) is 0 Å². The van der Waals surface area contributed by atoms with Gasteiger partial charge in [0, 0.05) is 21.9 Å². The van der Waals surface area contributed by atoms with E-state index in [1.807, 2.05) is 36.4 Å². The number of aromatic nitrogens is 2. The number of carbonyl (C=O) groups is 2. The van der Waals surface area contributed by atoms with Crippen LogP contribution in [0, 0.1) is 0 Å². The molecular weight excluding hydrogens is 404 g/mol. The summed E-state index contributed by atoms with van der Waals surface area (Å²) in [6, 6.07) is 24.7. The first-order valence-corrected chi connectivity index (χ1v) is 9.88. The van der Waals surface area contributed by atoms with Gasteiger partial charge in [-0.15, -0.1) is 0 Å². The highest BCUT2D eigenvalue weighted by Crippen LogP contribution is 2.29. The molecule has 0 fully saturated rings. The maximum absolute atomic E-state index is 11.7. The predicted octanol–water partition coefficient (Wildman–Crippen LogP) is 5.51. The summed E-state index contributed by atoms with van der Waals surface area (Å²) < 4.78 is 0. The molecule has 0 saturated carbocycles. The summed E-state index contributed by atoms with van der Waals surface area (Å²) in [6.07, 6.45) is 0. The SMILES string of the molecule is O=C(O)c1cc(-c2ccc(-c3cc(C(=O)O)c4ccccc4n3)cc2)nc2ccccc12. The van der Waals surface area contributed by atoms with E-state index in [4.69, 9.17) is 0 Å². The van der Waals surface area contributed by atoms with Gasteiger partial charge in [-0.05, 0) is 24.3 Å². The van der Waals surface area contributed by atoms with E-state index in [1.54, 1.807) is 48.5 Å². The van der Waals surface area contributed by atoms with Crippen LogP contribution in [0.25, 0.3) is 44.3 Å². The van der Waals surface area contributed by atoms with Crippen molar-refractivity contribution in [2.45, 2.75) is 0 Å². The summed E-state index contributed by atoms with van der Waals surface area (Å²) in [7, 11) is 0. The largest absolute Gasteiger partial charge is 0.478 e. The third kappa shape index (κ3) is 3.33. The number of rotatable bonds is 4. The molecule has 154 valence electrons. The number of pyridine rings is 2. The zero-order valence-electron chi connectivity index (χ0n) is 16.7. The second-order valence-electron chi connectivity index (χ2n) is 7.33. The highest BCUT2D eigenvalue weighted by molar-refractivity contribution is 6.04. The first-order valence-electron chi connectivity index (χ1n) is 9.88. The Hall–Kier alpha value is -4.58. The van der Waals surface area contributed by atoms with Gasteiger partial charge in [-0.25, -0.2) is 19.6 Å². The summed E-state index contributed by atoms with van der Waals surface area (Å²) in [5, 5.41) is 20.4. The smallest absolute Gasteiger partial charge is 0.336 e. The normalized spacial score (nSPS) is 11.0. The van der Waals surface area contributed by atoms with Crippen LogP contribution in [0.5, 0.6) is 0 Å². The summed E-state index contributed by atoms with van der Waals surface area (Å²) in [5.74, 6) is -2.02. The second-order valence-corrected chi connectivity index (χ2v) is 7.33. The summed E-state index contributed by atoms with van der Waals surface area (Å²) in [5.41, 5.74) is 4.19. The fourth-order valence-corrected chi connectivity index (χ4v) is 3.81. The van der Waals surface area contributed by atoms with E-state index >= 15 is 0 Å². The molecule has 5 aromatic rings. The fraction of sp³-hybridized carbons (Fsp3) is 0. The molecule has 32 heavy (non-hydrogen) atoms. The number of benzene rings is 3. The molecule has 2 N–H and O–H groups in total. The van der Waals surface area contributed by atoms with Crippen molar-refractivity contribution in [3.63, 3.8) is 0 Å². The predicted molar refractivity (Wildman–Crippen MR) is 122 cm³/mol. The van der Waals surface area contributed by atoms with Gasteiger partial charge in [-0.1, -0.05) is 60.7 Å². The molecule has 0 atom stereocenters. The molecule has 3 aromatic carbocycles. The lowest BCUT2D eigenvalue weighted by Gasteiger charge is -2.09. The average Bonchev–Trinajstić information content (AvgIpc) is 2.82. The van der Waals surface area contributed by atoms with Crippen LogP contribution in [-0.4, -0.2) is 32.1 Å². The van der Waals surface area contributed by atoms with Crippen LogP contribution in [0.3, 0.4) is 0 Å². The standard InChI is InChI=1S/C26H16N2O4/c29-25(30)19-13-23(27-21-7-3-1-5-17(19)21)15-9-11-16(12-10-15)24-14-20(26(31)32)18-6-2-4-8-22(18)28-24/h1-14H,(H,29,30)(H,31,32). The van der Waals surface area contributed by atoms with Crippen LogP contribution in [0.15, 0.2) is 84.9 Å². The van der Waals surface area contributed by atoms with Gasteiger partial charge < -0.3 is 10.2 Å². The number of hydrogen-bond acceptors (Lipinski definition) is 4. The van der Waals surface area contributed by atoms with E-state index in [1.165, 1.54) is 0 Å². The Balaban J connectivity index is 1.60. The lowest BCUT2D eigenvalue weighted by atomic mass is 10.0. The maximum Gasteiger partial charge on any atom is 0.336 e. The number of fused-ring (bicyclic) bond motifs is 2. The summed E-state index contributed by atoms with van der Waals surface area (Å²) >= 11 is 0. The van der Waals surface area contributed by atoms with E-state index in [0.29, 0.717) is 33.2 Å². The zero-order chi connectivity index (χ0) is 22.2. The monoisotopic (exact) mass is 420 g/mol. The highest BCUT2D eigenvalue weighted by Gasteiger charge is 2.15. The minimum absolute atomic E-state index is 0.192. The molecule has 0 amide bonds. The minimum atomic E-state index is -1.01. The zero-order valence-corrected chi connectivity index (χ0v) is 16.7. The summed E-state index contributed by atoms with van der Waals surface area (Å²) in [4.78, 5) is 32.7. The van der Waals surface area contributed by atoms with Crippen molar-refractivity contribution in [2.75, 3.05) is 0 Å². The third-order valence-electron chi connectivity index (χ3n) is 5.37. The Bertz CT molecular complexity index is 1410. The Morgan fingerprint density at radius 2 is 0.938 bits per heavy atom.